The molecule has 4 heterocycles. The molecule has 3 aromatic rings. The molecule has 0 unspecified atom stereocenters. The molecule has 0 aromatic carbocycles. The Morgan fingerprint density at radius 1 is 1.27 bits per heavy atom. The first-order chi connectivity index (χ1) is 12.7. The second kappa shape index (κ2) is 7.39. The maximum Gasteiger partial charge on any atom is 0.183 e. The van der Waals surface area contributed by atoms with Gasteiger partial charge in [-0.3, -0.25) is 14.4 Å². The minimum Gasteiger partial charge on any atom is -0.379 e. The Kier molecular flexibility index (Phi) is 4.81. The molecule has 1 aliphatic heterocycles. The molecule has 0 amide bonds. The molecule has 0 aliphatic carbocycles. The number of hydrogen-bond acceptors (Lipinski definition) is 5. The number of ketones is 1. The Labute approximate surface area is 152 Å². The number of nitrogens with zero attached hydrogens (tertiary/aromatic N) is 5. The fourth-order valence-electron chi connectivity index (χ4n) is 3.32. The molecule has 7 heteroatoms. The van der Waals surface area contributed by atoms with Gasteiger partial charge in [0.1, 0.15) is 17.0 Å². The zero-order valence-corrected chi connectivity index (χ0v) is 15.0. The van der Waals surface area contributed by atoms with E-state index in [4.69, 9.17) is 4.74 Å². The summed E-state index contributed by atoms with van der Waals surface area (Å²) in [5.74, 6) is 0.0869. The third-order valence-electron chi connectivity index (χ3n) is 4.77. The van der Waals surface area contributed by atoms with Crippen molar-refractivity contribution in [3.8, 4) is 11.4 Å². The fraction of sp³-hybridized carbons (Fsp3) is 0.421. The fourth-order valence-corrected chi connectivity index (χ4v) is 3.32. The molecule has 3 aromatic heterocycles. The van der Waals surface area contributed by atoms with Crippen LogP contribution in [0.3, 0.4) is 0 Å². The number of ether oxygens (including phenoxy) is 1. The predicted molar refractivity (Wildman–Crippen MR) is 98.2 cm³/mol. The highest BCUT2D eigenvalue weighted by Crippen LogP contribution is 2.20. The lowest BCUT2D eigenvalue weighted by Crippen LogP contribution is -2.36. The Hall–Kier alpha value is -2.51. The van der Waals surface area contributed by atoms with E-state index in [-0.39, 0.29) is 5.78 Å². The summed E-state index contributed by atoms with van der Waals surface area (Å²) < 4.78 is 9.04. The van der Waals surface area contributed by atoms with E-state index in [1.807, 2.05) is 48.1 Å². The van der Waals surface area contributed by atoms with Crippen LogP contribution in [0.5, 0.6) is 0 Å². The lowest BCUT2D eigenvalue weighted by molar-refractivity contribution is 0.0371. The summed E-state index contributed by atoms with van der Waals surface area (Å²) in [7, 11) is 1.85. The largest absolute Gasteiger partial charge is 0.379 e. The molecular formula is C19H23N5O2. The number of aryl methyl sites for hydroxylation is 1. The quantitative estimate of drug-likeness (QED) is 0.635. The summed E-state index contributed by atoms with van der Waals surface area (Å²) in [4.78, 5) is 19.5. The number of fused-ring (bicyclic) bond motifs is 1. The molecule has 0 bridgehead atoms. The van der Waals surface area contributed by atoms with Crippen molar-refractivity contribution in [1.82, 2.24) is 24.1 Å². The third-order valence-corrected chi connectivity index (χ3v) is 4.77. The van der Waals surface area contributed by atoms with E-state index in [0.717, 1.165) is 56.3 Å². The van der Waals surface area contributed by atoms with Gasteiger partial charge in [0.05, 0.1) is 18.9 Å². The lowest BCUT2D eigenvalue weighted by atomic mass is 10.1. The third kappa shape index (κ3) is 3.54. The normalized spacial score (nSPS) is 15.6. The van der Waals surface area contributed by atoms with Gasteiger partial charge in [0, 0.05) is 39.0 Å². The van der Waals surface area contributed by atoms with E-state index in [9.17, 15) is 4.79 Å². The van der Waals surface area contributed by atoms with Gasteiger partial charge in [0.25, 0.3) is 0 Å². The van der Waals surface area contributed by atoms with E-state index in [2.05, 4.69) is 15.0 Å². The molecule has 0 spiro atoms. The molecule has 1 saturated heterocycles. The second-order valence-corrected chi connectivity index (χ2v) is 6.61. The SMILES string of the molecule is Cn1nc(C(=O)CCCN2CCOCC2)cc1-c1cn2ccccc2n1. The van der Waals surface area contributed by atoms with Gasteiger partial charge in [-0.2, -0.15) is 5.10 Å². The van der Waals surface area contributed by atoms with Crippen LogP contribution in [0.1, 0.15) is 23.3 Å². The summed E-state index contributed by atoms with van der Waals surface area (Å²) in [5.41, 5.74) is 3.06. The molecular weight excluding hydrogens is 330 g/mol. The number of Topliss-reactive ketones (excluding diaryl/α,β-unsaturated/α-hetero) is 1. The first-order valence-electron chi connectivity index (χ1n) is 9.02. The highest BCUT2D eigenvalue weighted by Gasteiger charge is 2.17. The lowest BCUT2D eigenvalue weighted by Gasteiger charge is -2.26. The summed E-state index contributed by atoms with van der Waals surface area (Å²) in [6.45, 7) is 4.42. The average Bonchev–Trinajstić information content (AvgIpc) is 3.25. The number of carbonyl (C=O) groups excluding carboxylic acids is 1. The van der Waals surface area contributed by atoms with E-state index < -0.39 is 0 Å². The van der Waals surface area contributed by atoms with Crippen LogP contribution in [0.2, 0.25) is 0 Å². The Bertz CT molecular complexity index is 875. The van der Waals surface area contributed by atoms with Crippen molar-refractivity contribution in [3.63, 3.8) is 0 Å². The highest BCUT2D eigenvalue weighted by molar-refractivity contribution is 5.95. The average molecular weight is 353 g/mol. The number of aromatic nitrogens is 4. The molecule has 26 heavy (non-hydrogen) atoms. The van der Waals surface area contributed by atoms with Crippen LogP contribution in [0.15, 0.2) is 36.7 Å². The summed E-state index contributed by atoms with van der Waals surface area (Å²) in [5, 5.41) is 4.41. The zero-order chi connectivity index (χ0) is 17.9. The molecule has 0 N–H and O–H groups in total. The van der Waals surface area contributed by atoms with Crippen molar-refractivity contribution >= 4 is 11.4 Å². The van der Waals surface area contributed by atoms with Gasteiger partial charge < -0.3 is 9.14 Å². The van der Waals surface area contributed by atoms with Crippen LogP contribution in [0.4, 0.5) is 0 Å². The van der Waals surface area contributed by atoms with Crippen LogP contribution < -0.4 is 0 Å². The molecule has 1 aliphatic rings. The monoisotopic (exact) mass is 353 g/mol. The Balaban J connectivity index is 1.42. The first-order valence-corrected chi connectivity index (χ1v) is 9.02. The molecule has 0 saturated carbocycles. The Morgan fingerprint density at radius 2 is 2.12 bits per heavy atom. The molecule has 1 fully saturated rings. The molecule has 0 atom stereocenters. The summed E-state index contributed by atoms with van der Waals surface area (Å²) in [6.07, 6.45) is 5.27. The van der Waals surface area contributed by atoms with E-state index >= 15 is 0 Å². The number of hydrogen-bond donors (Lipinski definition) is 0. The van der Waals surface area contributed by atoms with Crippen LogP contribution in [0.25, 0.3) is 17.0 Å². The smallest absolute Gasteiger partial charge is 0.183 e. The summed E-state index contributed by atoms with van der Waals surface area (Å²) >= 11 is 0. The molecule has 7 nitrogen and oxygen atoms in total. The number of rotatable bonds is 6. The first kappa shape index (κ1) is 16.9. The van der Waals surface area contributed by atoms with Crippen molar-refractivity contribution in [2.45, 2.75) is 12.8 Å². The number of carbonyl (C=O) groups is 1. The second-order valence-electron chi connectivity index (χ2n) is 6.61. The minimum atomic E-state index is 0.0869. The van der Waals surface area contributed by atoms with Crippen LogP contribution >= 0.6 is 0 Å². The van der Waals surface area contributed by atoms with Crippen molar-refractivity contribution in [1.29, 1.82) is 0 Å². The van der Waals surface area contributed by atoms with Crippen LogP contribution in [-0.4, -0.2) is 62.7 Å². The van der Waals surface area contributed by atoms with E-state index in [1.165, 1.54) is 0 Å². The standard InChI is InChI=1S/C19H23N5O2/c1-22-17(16-14-24-8-3-2-6-19(24)20-16)13-15(21-22)18(25)5-4-7-23-9-11-26-12-10-23/h2-3,6,8,13-14H,4-5,7,9-12H2,1H3. The van der Waals surface area contributed by atoms with Crippen LogP contribution in [-0.2, 0) is 11.8 Å². The van der Waals surface area contributed by atoms with Gasteiger partial charge in [-0.05, 0) is 31.2 Å². The van der Waals surface area contributed by atoms with Gasteiger partial charge in [-0.15, -0.1) is 0 Å². The van der Waals surface area contributed by atoms with Crippen molar-refractivity contribution in [2.75, 3.05) is 32.8 Å². The predicted octanol–water partition coefficient (Wildman–Crippen LogP) is 2.03. The van der Waals surface area contributed by atoms with E-state index in [0.29, 0.717) is 12.1 Å². The maximum absolute atomic E-state index is 12.5. The number of morpholine rings is 1. The van der Waals surface area contributed by atoms with Gasteiger partial charge in [-0.25, -0.2) is 4.98 Å². The number of imidazole rings is 1. The van der Waals surface area contributed by atoms with Gasteiger partial charge in [0.15, 0.2) is 5.78 Å². The van der Waals surface area contributed by atoms with Gasteiger partial charge >= 0.3 is 0 Å². The molecule has 0 radical (unpaired) electrons. The Morgan fingerprint density at radius 3 is 2.92 bits per heavy atom. The van der Waals surface area contributed by atoms with Crippen molar-refractivity contribution in [2.24, 2.45) is 7.05 Å². The van der Waals surface area contributed by atoms with Crippen LogP contribution in [0, 0.1) is 0 Å². The maximum atomic E-state index is 12.5. The highest BCUT2D eigenvalue weighted by atomic mass is 16.5. The topological polar surface area (TPSA) is 64.7 Å². The van der Waals surface area contributed by atoms with Gasteiger partial charge in [-0.1, -0.05) is 6.07 Å². The summed E-state index contributed by atoms with van der Waals surface area (Å²) in [6, 6.07) is 7.72. The van der Waals surface area contributed by atoms with Crippen molar-refractivity contribution < 1.29 is 9.53 Å². The van der Waals surface area contributed by atoms with Gasteiger partial charge in [0.2, 0.25) is 0 Å². The van der Waals surface area contributed by atoms with E-state index in [1.54, 1.807) is 4.68 Å². The molecule has 136 valence electrons. The minimum absolute atomic E-state index is 0.0869. The zero-order valence-electron chi connectivity index (χ0n) is 15.0. The van der Waals surface area contributed by atoms with Crippen molar-refractivity contribution in [3.05, 3.63) is 42.4 Å². The molecule has 4 rings (SSSR count). The number of pyridine rings is 1.